The first-order valence-electron chi connectivity index (χ1n) is 10.8. The summed E-state index contributed by atoms with van der Waals surface area (Å²) in [4.78, 5) is 27.6. The molecule has 5 nitrogen and oxygen atoms in total. The van der Waals surface area contributed by atoms with E-state index in [1.807, 2.05) is 11.8 Å². The fourth-order valence-electron chi connectivity index (χ4n) is 6.41. The molecule has 5 aliphatic rings. The molecule has 0 spiro atoms. The van der Waals surface area contributed by atoms with E-state index < -0.39 is 11.6 Å². The molecule has 2 saturated carbocycles. The maximum atomic E-state index is 14.7. The second-order valence-corrected chi connectivity index (χ2v) is 9.37. The fourth-order valence-corrected chi connectivity index (χ4v) is 6.41. The molecule has 1 aromatic carbocycles. The third-order valence-corrected chi connectivity index (χ3v) is 7.54. The fraction of sp³-hybridized carbons (Fsp3) is 0.652. The summed E-state index contributed by atoms with van der Waals surface area (Å²) in [6.45, 7) is 2.36. The van der Waals surface area contributed by atoms with E-state index in [1.54, 1.807) is 6.07 Å². The summed E-state index contributed by atoms with van der Waals surface area (Å²) in [6.07, 6.45) is 6.46. The zero-order chi connectivity index (χ0) is 20.3. The lowest BCUT2D eigenvalue weighted by Crippen LogP contribution is -2.63. The maximum absolute atomic E-state index is 14.7. The zero-order valence-corrected chi connectivity index (χ0v) is 17.1. The number of methoxy groups -OCH3 is 1. The number of hydrogen-bond acceptors (Lipinski definition) is 4. The average molecular weight is 401 g/mol. The Morgan fingerprint density at radius 2 is 1.97 bits per heavy atom. The van der Waals surface area contributed by atoms with Crippen LogP contribution in [0.15, 0.2) is 12.1 Å². The summed E-state index contributed by atoms with van der Waals surface area (Å²) in [7, 11) is 1.28. The lowest BCUT2D eigenvalue weighted by atomic mass is 9.61. The van der Waals surface area contributed by atoms with Crippen LogP contribution in [0.5, 0.6) is 0 Å². The molecule has 3 atom stereocenters. The normalized spacial score (nSPS) is 34.8. The van der Waals surface area contributed by atoms with Crippen LogP contribution in [-0.4, -0.2) is 41.6 Å². The van der Waals surface area contributed by atoms with E-state index in [0.29, 0.717) is 35.9 Å². The highest BCUT2D eigenvalue weighted by Crippen LogP contribution is 2.54. The van der Waals surface area contributed by atoms with Crippen molar-refractivity contribution in [2.75, 3.05) is 7.11 Å². The van der Waals surface area contributed by atoms with Crippen molar-refractivity contribution in [3.05, 3.63) is 34.6 Å². The molecule has 2 aliphatic carbocycles. The van der Waals surface area contributed by atoms with Gasteiger partial charge in [-0.1, -0.05) is 6.92 Å². The molecule has 156 valence electrons. The molecule has 0 radical (unpaired) electrons. The zero-order valence-electron chi connectivity index (χ0n) is 17.1. The van der Waals surface area contributed by atoms with Crippen LogP contribution < -0.4 is 0 Å². The quantitative estimate of drug-likeness (QED) is 0.726. The lowest BCUT2D eigenvalue weighted by molar-refractivity contribution is -0.227. The van der Waals surface area contributed by atoms with Crippen LogP contribution in [0.25, 0.3) is 0 Å². The summed E-state index contributed by atoms with van der Waals surface area (Å²) < 4.78 is 25.9. The maximum Gasteiger partial charge on any atom is 0.337 e. The van der Waals surface area contributed by atoms with Crippen molar-refractivity contribution in [1.29, 1.82) is 0 Å². The van der Waals surface area contributed by atoms with Gasteiger partial charge in [-0.2, -0.15) is 0 Å². The van der Waals surface area contributed by atoms with Gasteiger partial charge in [-0.05, 0) is 80.0 Å². The number of ether oxygens (including phenoxy) is 2. The number of hydrogen-bond donors (Lipinski definition) is 0. The molecule has 6 heteroatoms. The van der Waals surface area contributed by atoms with Gasteiger partial charge >= 0.3 is 5.97 Å². The molecular formula is C23H28FNO4. The standard InChI is InChI=1S/C23H28FNO4/c1-3-17-9-19-16(7-15(8-20(19)24)21(26)28-2)12-25(17)22(27)23-10-13-4-14(11-23)6-18(5-13)29-23/h7-8,13-14,17-18H,3-6,9-12H2,1-2H3/t13?,14?,17-,18?,23?/m0/s1. The predicted octanol–water partition coefficient (Wildman–Crippen LogP) is 3.62. The second kappa shape index (κ2) is 6.79. The van der Waals surface area contributed by atoms with Gasteiger partial charge in [0.15, 0.2) is 0 Å². The molecule has 0 aromatic heterocycles. The number of carbonyl (C=O) groups excluding carboxylic acids is 2. The highest BCUT2D eigenvalue weighted by molar-refractivity contribution is 5.90. The summed E-state index contributed by atoms with van der Waals surface area (Å²) in [6, 6.07) is 2.87. The first-order chi connectivity index (χ1) is 13.9. The average Bonchev–Trinajstić information content (AvgIpc) is 2.70. The Labute approximate surface area is 170 Å². The van der Waals surface area contributed by atoms with E-state index in [1.165, 1.54) is 19.6 Å². The molecule has 6 rings (SSSR count). The Morgan fingerprint density at radius 1 is 1.24 bits per heavy atom. The second-order valence-electron chi connectivity index (χ2n) is 9.37. The van der Waals surface area contributed by atoms with Crippen molar-refractivity contribution in [3.8, 4) is 0 Å². The molecule has 3 aliphatic heterocycles. The van der Waals surface area contributed by atoms with Crippen molar-refractivity contribution in [2.24, 2.45) is 11.8 Å². The molecule has 4 fully saturated rings. The van der Waals surface area contributed by atoms with Crippen LogP contribution in [0.3, 0.4) is 0 Å². The van der Waals surface area contributed by atoms with Crippen LogP contribution in [0.2, 0.25) is 0 Å². The number of carbonyl (C=O) groups is 2. The summed E-state index contributed by atoms with van der Waals surface area (Å²) in [5.74, 6) is 0.292. The van der Waals surface area contributed by atoms with E-state index >= 15 is 0 Å². The van der Waals surface area contributed by atoms with Crippen LogP contribution in [0, 0.1) is 17.7 Å². The number of benzene rings is 1. The number of rotatable bonds is 3. The van der Waals surface area contributed by atoms with Crippen LogP contribution in [0.1, 0.15) is 66.9 Å². The molecule has 29 heavy (non-hydrogen) atoms. The van der Waals surface area contributed by atoms with Gasteiger partial charge in [0.1, 0.15) is 11.4 Å². The van der Waals surface area contributed by atoms with Gasteiger partial charge in [-0.3, -0.25) is 4.79 Å². The summed E-state index contributed by atoms with van der Waals surface area (Å²) in [5, 5.41) is 0. The minimum atomic E-state index is -0.696. The van der Waals surface area contributed by atoms with Crippen LogP contribution in [-0.2, 0) is 27.2 Å². The molecule has 2 saturated heterocycles. The number of amides is 1. The molecule has 2 unspecified atom stereocenters. The van der Waals surface area contributed by atoms with E-state index in [4.69, 9.17) is 9.47 Å². The summed E-state index contributed by atoms with van der Waals surface area (Å²) >= 11 is 0. The van der Waals surface area contributed by atoms with Gasteiger partial charge in [-0.25, -0.2) is 9.18 Å². The first-order valence-corrected chi connectivity index (χ1v) is 10.8. The Bertz CT molecular complexity index is 831. The van der Waals surface area contributed by atoms with Gasteiger partial charge in [0.2, 0.25) is 0 Å². The third kappa shape index (κ3) is 2.98. The van der Waals surface area contributed by atoms with E-state index in [-0.39, 0.29) is 29.4 Å². The predicted molar refractivity (Wildman–Crippen MR) is 104 cm³/mol. The highest BCUT2D eigenvalue weighted by Gasteiger charge is 2.57. The molecule has 0 N–H and O–H groups in total. The monoisotopic (exact) mass is 401 g/mol. The minimum Gasteiger partial charge on any atom is -0.465 e. The highest BCUT2D eigenvalue weighted by atomic mass is 19.1. The van der Waals surface area contributed by atoms with Crippen molar-refractivity contribution in [1.82, 2.24) is 4.90 Å². The lowest BCUT2D eigenvalue weighted by Gasteiger charge is -2.57. The Morgan fingerprint density at radius 3 is 2.59 bits per heavy atom. The Hall–Kier alpha value is -1.95. The third-order valence-electron chi connectivity index (χ3n) is 7.54. The number of nitrogens with zero attached hydrogens (tertiary/aromatic N) is 1. The van der Waals surface area contributed by atoms with Gasteiger partial charge in [0.05, 0.1) is 18.8 Å². The minimum absolute atomic E-state index is 0.0509. The summed E-state index contributed by atoms with van der Waals surface area (Å²) in [5.41, 5.74) is 0.809. The van der Waals surface area contributed by atoms with Gasteiger partial charge in [0, 0.05) is 12.6 Å². The SMILES string of the molecule is CC[C@H]1Cc2c(F)cc(C(=O)OC)cc2CN1C(=O)C12CC3CC(CC(C3)O1)C2. The van der Waals surface area contributed by atoms with Crippen LogP contribution >= 0.6 is 0 Å². The number of fused-ring (bicyclic) bond motifs is 1. The largest absolute Gasteiger partial charge is 0.465 e. The molecule has 1 amide bonds. The number of halogens is 1. The van der Waals surface area contributed by atoms with Gasteiger partial charge in [-0.15, -0.1) is 0 Å². The van der Waals surface area contributed by atoms with Gasteiger partial charge < -0.3 is 14.4 Å². The van der Waals surface area contributed by atoms with Crippen molar-refractivity contribution >= 4 is 11.9 Å². The number of esters is 1. The smallest absolute Gasteiger partial charge is 0.337 e. The van der Waals surface area contributed by atoms with E-state index in [0.717, 1.165) is 32.1 Å². The Balaban J connectivity index is 1.47. The molecule has 4 bridgehead atoms. The van der Waals surface area contributed by atoms with Crippen molar-refractivity contribution in [3.63, 3.8) is 0 Å². The molecule has 3 heterocycles. The Kier molecular flexibility index (Phi) is 4.46. The van der Waals surface area contributed by atoms with Crippen molar-refractivity contribution in [2.45, 2.75) is 76.2 Å². The molecule has 1 aromatic rings. The van der Waals surface area contributed by atoms with E-state index in [9.17, 15) is 14.0 Å². The molecular weight excluding hydrogens is 373 g/mol. The first kappa shape index (κ1) is 19.0. The van der Waals surface area contributed by atoms with Crippen LogP contribution in [0.4, 0.5) is 4.39 Å². The van der Waals surface area contributed by atoms with Crippen molar-refractivity contribution < 1.29 is 23.5 Å². The topological polar surface area (TPSA) is 55.8 Å². The van der Waals surface area contributed by atoms with E-state index in [2.05, 4.69) is 0 Å². The van der Waals surface area contributed by atoms with Gasteiger partial charge in [0.25, 0.3) is 5.91 Å².